The van der Waals surface area contributed by atoms with Crippen molar-refractivity contribution in [3.63, 3.8) is 0 Å². The third-order valence-electron chi connectivity index (χ3n) is 3.75. The van der Waals surface area contributed by atoms with Crippen LogP contribution in [0.2, 0.25) is 0 Å². The summed E-state index contributed by atoms with van der Waals surface area (Å²) in [7, 11) is 0. The lowest BCUT2D eigenvalue weighted by Crippen LogP contribution is -2.13. The summed E-state index contributed by atoms with van der Waals surface area (Å²) in [6, 6.07) is 10.9. The topological polar surface area (TPSA) is 68.3 Å². The molecular formula is C19H18N2O3S. The number of nitrogens with one attached hydrogen (secondary N) is 1. The third kappa shape index (κ3) is 3.69. The van der Waals surface area contributed by atoms with Crippen molar-refractivity contribution < 1.29 is 14.3 Å². The van der Waals surface area contributed by atoms with Crippen LogP contribution >= 0.6 is 11.3 Å². The molecule has 5 nitrogen and oxygen atoms in total. The number of aryl methyl sites for hydroxylation is 2. The molecule has 0 aliphatic rings. The molecule has 1 aromatic heterocycles. The Kier molecular flexibility index (Phi) is 4.81. The number of nitrogens with zero attached hydrogens (tertiary/aromatic N) is 1. The summed E-state index contributed by atoms with van der Waals surface area (Å²) in [6.07, 6.45) is 0. The maximum atomic E-state index is 12.5. The number of carbonyl (C=O) groups excluding carboxylic acids is 2. The van der Waals surface area contributed by atoms with Crippen LogP contribution in [0.1, 0.15) is 38.8 Å². The van der Waals surface area contributed by atoms with E-state index in [1.54, 1.807) is 25.1 Å². The molecule has 1 heterocycles. The number of ether oxygens (including phenoxy) is 1. The molecule has 0 spiro atoms. The number of hydrogen-bond acceptors (Lipinski definition) is 5. The van der Waals surface area contributed by atoms with Crippen molar-refractivity contribution >= 4 is 38.6 Å². The van der Waals surface area contributed by atoms with Gasteiger partial charge in [-0.2, -0.15) is 0 Å². The Hall–Kier alpha value is -2.73. The third-order valence-corrected chi connectivity index (χ3v) is 4.68. The first-order valence-electron chi connectivity index (χ1n) is 7.94. The fourth-order valence-electron chi connectivity index (χ4n) is 2.55. The van der Waals surface area contributed by atoms with E-state index in [1.807, 2.05) is 32.0 Å². The Balaban J connectivity index is 1.84. The maximum Gasteiger partial charge on any atom is 0.338 e. The number of thiazole rings is 1. The van der Waals surface area contributed by atoms with Gasteiger partial charge in [0.05, 0.1) is 22.4 Å². The Labute approximate surface area is 149 Å². The van der Waals surface area contributed by atoms with Gasteiger partial charge in [0, 0.05) is 5.56 Å². The van der Waals surface area contributed by atoms with Gasteiger partial charge in [0.15, 0.2) is 5.13 Å². The predicted octanol–water partition coefficient (Wildman–Crippen LogP) is 4.34. The minimum atomic E-state index is -0.362. The van der Waals surface area contributed by atoms with Crippen LogP contribution in [0.3, 0.4) is 0 Å². The van der Waals surface area contributed by atoms with E-state index in [0.29, 0.717) is 22.9 Å². The van der Waals surface area contributed by atoms with Crippen LogP contribution in [0.4, 0.5) is 5.13 Å². The molecule has 3 aromatic rings. The molecule has 1 amide bonds. The summed E-state index contributed by atoms with van der Waals surface area (Å²) >= 11 is 1.33. The highest BCUT2D eigenvalue weighted by molar-refractivity contribution is 7.22. The van der Waals surface area contributed by atoms with Crippen LogP contribution in [-0.2, 0) is 4.74 Å². The average Bonchev–Trinajstić information content (AvgIpc) is 2.96. The van der Waals surface area contributed by atoms with Crippen molar-refractivity contribution in [2.45, 2.75) is 20.8 Å². The van der Waals surface area contributed by atoms with Gasteiger partial charge in [-0.1, -0.05) is 29.0 Å². The van der Waals surface area contributed by atoms with Crippen molar-refractivity contribution in [3.8, 4) is 0 Å². The quantitative estimate of drug-likeness (QED) is 0.708. The summed E-state index contributed by atoms with van der Waals surface area (Å²) < 4.78 is 5.83. The number of amides is 1. The number of benzene rings is 2. The standard InChI is InChI=1S/C19H18N2O3S/c1-4-24-18(23)13-6-8-15-16(10-13)25-19(20-15)21-17(22)14-7-5-11(2)9-12(14)3/h5-10H,4H2,1-3H3,(H,20,21,22). The average molecular weight is 354 g/mol. The minimum absolute atomic E-state index is 0.192. The van der Waals surface area contributed by atoms with Crippen LogP contribution < -0.4 is 5.32 Å². The summed E-state index contributed by atoms with van der Waals surface area (Å²) in [4.78, 5) is 28.7. The van der Waals surface area contributed by atoms with E-state index >= 15 is 0 Å². The van der Waals surface area contributed by atoms with E-state index in [0.717, 1.165) is 21.3 Å². The summed E-state index contributed by atoms with van der Waals surface area (Å²) in [6.45, 7) is 6.00. The van der Waals surface area contributed by atoms with Crippen molar-refractivity contribution in [1.29, 1.82) is 0 Å². The van der Waals surface area contributed by atoms with E-state index in [-0.39, 0.29) is 11.9 Å². The van der Waals surface area contributed by atoms with Gasteiger partial charge in [0.1, 0.15) is 0 Å². The summed E-state index contributed by atoms with van der Waals surface area (Å²) in [5.74, 6) is -0.555. The Morgan fingerprint density at radius 1 is 1.16 bits per heavy atom. The number of esters is 1. The lowest BCUT2D eigenvalue weighted by atomic mass is 10.1. The zero-order valence-electron chi connectivity index (χ0n) is 14.3. The molecule has 0 aliphatic carbocycles. The van der Waals surface area contributed by atoms with Gasteiger partial charge < -0.3 is 4.74 Å². The summed E-state index contributed by atoms with van der Waals surface area (Å²) in [5.41, 5.74) is 3.86. The lowest BCUT2D eigenvalue weighted by Gasteiger charge is -2.06. The van der Waals surface area contributed by atoms with Gasteiger partial charge in [-0.3, -0.25) is 10.1 Å². The molecule has 3 rings (SSSR count). The molecule has 0 atom stereocenters. The highest BCUT2D eigenvalue weighted by Gasteiger charge is 2.14. The molecule has 0 saturated carbocycles. The molecule has 2 aromatic carbocycles. The predicted molar refractivity (Wildman–Crippen MR) is 99.4 cm³/mol. The minimum Gasteiger partial charge on any atom is -0.462 e. The lowest BCUT2D eigenvalue weighted by molar-refractivity contribution is 0.0526. The molecule has 0 aliphatic heterocycles. The largest absolute Gasteiger partial charge is 0.462 e. The first-order chi connectivity index (χ1) is 12.0. The van der Waals surface area contributed by atoms with Gasteiger partial charge in [-0.15, -0.1) is 0 Å². The number of fused-ring (bicyclic) bond motifs is 1. The second-order valence-electron chi connectivity index (χ2n) is 5.69. The molecule has 0 unspecified atom stereocenters. The van der Waals surface area contributed by atoms with Crippen molar-refractivity contribution in [2.75, 3.05) is 11.9 Å². The smallest absolute Gasteiger partial charge is 0.338 e. The van der Waals surface area contributed by atoms with Gasteiger partial charge in [0.2, 0.25) is 0 Å². The summed E-state index contributed by atoms with van der Waals surface area (Å²) in [5, 5.41) is 3.33. The van der Waals surface area contributed by atoms with E-state index in [9.17, 15) is 9.59 Å². The molecular weight excluding hydrogens is 336 g/mol. The Bertz CT molecular complexity index is 962. The van der Waals surface area contributed by atoms with Gasteiger partial charge >= 0.3 is 5.97 Å². The van der Waals surface area contributed by atoms with Crippen LogP contribution in [-0.4, -0.2) is 23.5 Å². The van der Waals surface area contributed by atoms with E-state index in [1.165, 1.54) is 11.3 Å². The molecule has 1 N–H and O–H groups in total. The normalized spacial score (nSPS) is 10.7. The van der Waals surface area contributed by atoms with Crippen LogP contribution in [0.25, 0.3) is 10.2 Å². The van der Waals surface area contributed by atoms with Crippen LogP contribution in [0.15, 0.2) is 36.4 Å². The van der Waals surface area contributed by atoms with Gasteiger partial charge in [0.25, 0.3) is 5.91 Å². The fourth-order valence-corrected chi connectivity index (χ4v) is 3.45. The number of aromatic nitrogens is 1. The van der Waals surface area contributed by atoms with Gasteiger partial charge in [-0.05, 0) is 50.6 Å². The van der Waals surface area contributed by atoms with E-state index < -0.39 is 0 Å². The molecule has 0 fully saturated rings. The molecule has 0 saturated heterocycles. The monoisotopic (exact) mass is 354 g/mol. The fraction of sp³-hybridized carbons (Fsp3) is 0.211. The Morgan fingerprint density at radius 2 is 1.96 bits per heavy atom. The first-order valence-corrected chi connectivity index (χ1v) is 8.76. The number of rotatable bonds is 4. The van der Waals surface area contributed by atoms with Crippen LogP contribution in [0.5, 0.6) is 0 Å². The van der Waals surface area contributed by atoms with Crippen molar-refractivity contribution in [3.05, 3.63) is 58.7 Å². The van der Waals surface area contributed by atoms with E-state index in [2.05, 4.69) is 10.3 Å². The van der Waals surface area contributed by atoms with Gasteiger partial charge in [-0.25, -0.2) is 9.78 Å². The first kappa shape index (κ1) is 17.1. The SMILES string of the molecule is CCOC(=O)c1ccc2nc(NC(=O)c3ccc(C)cc3C)sc2c1. The van der Waals surface area contributed by atoms with E-state index in [4.69, 9.17) is 4.74 Å². The second-order valence-corrected chi connectivity index (χ2v) is 6.73. The highest BCUT2D eigenvalue weighted by atomic mass is 32.1. The molecule has 128 valence electrons. The number of hydrogen-bond donors (Lipinski definition) is 1. The highest BCUT2D eigenvalue weighted by Crippen LogP contribution is 2.27. The molecule has 25 heavy (non-hydrogen) atoms. The zero-order chi connectivity index (χ0) is 18.0. The molecule has 0 radical (unpaired) electrons. The number of anilines is 1. The molecule has 6 heteroatoms. The van der Waals surface area contributed by atoms with Crippen molar-refractivity contribution in [1.82, 2.24) is 4.98 Å². The number of carbonyl (C=O) groups is 2. The van der Waals surface area contributed by atoms with Crippen LogP contribution in [0, 0.1) is 13.8 Å². The Morgan fingerprint density at radius 3 is 2.68 bits per heavy atom. The maximum absolute atomic E-state index is 12.5. The second kappa shape index (κ2) is 7.03. The van der Waals surface area contributed by atoms with Crippen molar-refractivity contribution in [2.24, 2.45) is 0 Å². The zero-order valence-corrected chi connectivity index (χ0v) is 15.1. The molecule has 0 bridgehead atoms.